The van der Waals surface area contributed by atoms with Gasteiger partial charge >= 0.3 is 0 Å². The maximum Gasteiger partial charge on any atom is 0.191 e. The number of hydrogen-bond acceptors (Lipinski definition) is 3. The summed E-state index contributed by atoms with van der Waals surface area (Å²) in [4.78, 5) is 6.76. The van der Waals surface area contributed by atoms with Crippen molar-refractivity contribution in [2.45, 2.75) is 32.8 Å². The molecule has 0 saturated carbocycles. The van der Waals surface area contributed by atoms with E-state index in [0.29, 0.717) is 12.5 Å². The van der Waals surface area contributed by atoms with Crippen LogP contribution in [-0.2, 0) is 0 Å². The molecule has 1 aliphatic heterocycles. The number of rotatable bonds is 7. The number of benzene rings is 1. The van der Waals surface area contributed by atoms with Gasteiger partial charge in [-0.25, -0.2) is 4.39 Å². The van der Waals surface area contributed by atoms with E-state index in [1.54, 1.807) is 25.2 Å². The van der Waals surface area contributed by atoms with E-state index >= 15 is 0 Å². The SMILES string of the molecule is CCN1CCCC(CNC(=NC)NCC(C)Oc2ccccc2F)C1.I. The molecule has 0 radical (unpaired) electrons. The van der Waals surface area contributed by atoms with Gasteiger partial charge in [-0.15, -0.1) is 24.0 Å². The highest BCUT2D eigenvalue weighted by molar-refractivity contribution is 14.0. The van der Waals surface area contributed by atoms with Gasteiger partial charge in [0.2, 0.25) is 0 Å². The van der Waals surface area contributed by atoms with Gasteiger partial charge in [0.25, 0.3) is 0 Å². The summed E-state index contributed by atoms with van der Waals surface area (Å²) in [6, 6.07) is 6.46. The number of hydrogen-bond donors (Lipinski definition) is 2. The van der Waals surface area contributed by atoms with Crippen LogP contribution in [0.5, 0.6) is 5.75 Å². The van der Waals surface area contributed by atoms with Crippen molar-refractivity contribution in [2.24, 2.45) is 10.9 Å². The minimum atomic E-state index is -0.338. The molecule has 0 aliphatic carbocycles. The zero-order valence-corrected chi connectivity index (χ0v) is 18.3. The van der Waals surface area contributed by atoms with E-state index in [0.717, 1.165) is 25.6 Å². The molecule has 1 saturated heterocycles. The molecule has 148 valence electrons. The van der Waals surface area contributed by atoms with Crippen LogP contribution in [-0.4, -0.2) is 56.7 Å². The number of piperidine rings is 1. The van der Waals surface area contributed by atoms with Crippen LogP contribution in [0.15, 0.2) is 29.3 Å². The van der Waals surface area contributed by atoms with Gasteiger partial charge in [0.05, 0.1) is 6.54 Å². The molecule has 2 N–H and O–H groups in total. The molecule has 0 bridgehead atoms. The Bertz CT molecular complexity index is 558. The van der Waals surface area contributed by atoms with Crippen LogP contribution in [0.25, 0.3) is 0 Å². The molecule has 1 fully saturated rings. The van der Waals surface area contributed by atoms with Crippen LogP contribution >= 0.6 is 24.0 Å². The van der Waals surface area contributed by atoms with Crippen molar-refractivity contribution in [2.75, 3.05) is 39.8 Å². The smallest absolute Gasteiger partial charge is 0.191 e. The van der Waals surface area contributed by atoms with Gasteiger partial charge < -0.3 is 20.3 Å². The molecule has 0 aromatic heterocycles. The van der Waals surface area contributed by atoms with Crippen LogP contribution in [0.1, 0.15) is 26.7 Å². The first-order valence-corrected chi connectivity index (χ1v) is 9.20. The Morgan fingerprint density at radius 3 is 2.85 bits per heavy atom. The molecule has 5 nitrogen and oxygen atoms in total. The summed E-state index contributed by atoms with van der Waals surface area (Å²) in [5.41, 5.74) is 0. The standard InChI is InChI=1S/C19H31FN4O.HI/c1-4-24-11-7-8-16(14-24)13-23-19(21-3)22-12-15(2)25-18-10-6-5-9-17(18)20;/h5-6,9-10,15-16H,4,7-8,11-14H2,1-3H3,(H2,21,22,23);1H. The summed E-state index contributed by atoms with van der Waals surface area (Å²) in [6.07, 6.45) is 2.35. The second kappa shape index (κ2) is 12.3. The Hall–Kier alpha value is -1.09. The molecule has 2 atom stereocenters. The molecule has 7 heteroatoms. The summed E-state index contributed by atoms with van der Waals surface area (Å²) in [6.45, 7) is 9.07. The van der Waals surface area contributed by atoms with Crippen LogP contribution in [0, 0.1) is 11.7 Å². The van der Waals surface area contributed by atoms with E-state index in [-0.39, 0.29) is 41.6 Å². The van der Waals surface area contributed by atoms with Crippen LogP contribution < -0.4 is 15.4 Å². The Labute approximate surface area is 173 Å². The molecule has 0 spiro atoms. The third-order valence-electron chi connectivity index (χ3n) is 4.55. The summed E-state index contributed by atoms with van der Waals surface area (Å²) in [5.74, 6) is 1.35. The van der Waals surface area contributed by atoms with E-state index in [1.807, 2.05) is 6.92 Å². The first-order chi connectivity index (χ1) is 12.1. The molecule has 1 aromatic rings. The summed E-state index contributed by atoms with van der Waals surface area (Å²) < 4.78 is 19.3. The lowest BCUT2D eigenvalue weighted by Gasteiger charge is -2.32. The highest BCUT2D eigenvalue weighted by atomic mass is 127. The number of likely N-dealkylation sites (tertiary alicyclic amines) is 1. The fourth-order valence-corrected chi connectivity index (χ4v) is 3.11. The van der Waals surface area contributed by atoms with E-state index in [1.165, 1.54) is 25.5 Å². The summed E-state index contributed by atoms with van der Waals surface area (Å²) >= 11 is 0. The third-order valence-corrected chi connectivity index (χ3v) is 4.55. The van der Waals surface area contributed by atoms with Crippen LogP contribution in [0.2, 0.25) is 0 Å². The van der Waals surface area contributed by atoms with Crippen molar-refractivity contribution in [1.29, 1.82) is 0 Å². The van der Waals surface area contributed by atoms with Gasteiger partial charge in [-0.2, -0.15) is 0 Å². The van der Waals surface area contributed by atoms with E-state index in [2.05, 4.69) is 27.4 Å². The lowest BCUT2D eigenvalue weighted by molar-refractivity contribution is 0.183. The second-order valence-electron chi connectivity index (χ2n) is 6.59. The number of guanidine groups is 1. The second-order valence-corrected chi connectivity index (χ2v) is 6.59. The Morgan fingerprint density at radius 2 is 2.15 bits per heavy atom. The highest BCUT2D eigenvalue weighted by Crippen LogP contribution is 2.17. The Morgan fingerprint density at radius 1 is 1.38 bits per heavy atom. The third kappa shape index (κ3) is 7.65. The number of para-hydroxylation sites is 1. The van der Waals surface area contributed by atoms with Crippen molar-refractivity contribution in [3.8, 4) is 5.75 Å². The van der Waals surface area contributed by atoms with Crippen molar-refractivity contribution in [3.05, 3.63) is 30.1 Å². The minimum Gasteiger partial charge on any atom is -0.486 e. The lowest BCUT2D eigenvalue weighted by atomic mass is 9.98. The average molecular weight is 478 g/mol. The maximum atomic E-state index is 13.6. The van der Waals surface area contributed by atoms with Gasteiger partial charge in [0.1, 0.15) is 6.10 Å². The quantitative estimate of drug-likeness (QED) is 0.359. The predicted octanol–water partition coefficient (Wildman–Crippen LogP) is 3.11. The van der Waals surface area contributed by atoms with Gasteiger partial charge in [-0.05, 0) is 50.9 Å². The fourth-order valence-electron chi connectivity index (χ4n) is 3.11. The molecular formula is C19H32FIN4O. The summed E-state index contributed by atoms with van der Waals surface area (Å²) in [7, 11) is 1.76. The van der Waals surface area contributed by atoms with E-state index in [4.69, 9.17) is 4.74 Å². The number of aliphatic imine (C=N–C) groups is 1. The maximum absolute atomic E-state index is 13.6. The van der Waals surface area contributed by atoms with Gasteiger partial charge in [-0.1, -0.05) is 19.1 Å². The number of halogens is 2. The molecule has 26 heavy (non-hydrogen) atoms. The lowest BCUT2D eigenvalue weighted by Crippen LogP contribution is -2.46. The predicted molar refractivity (Wildman–Crippen MR) is 116 cm³/mol. The minimum absolute atomic E-state index is 0. The molecule has 1 heterocycles. The molecule has 2 unspecified atom stereocenters. The monoisotopic (exact) mass is 478 g/mol. The van der Waals surface area contributed by atoms with Crippen molar-refractivity contribution < 1.29 is 9.13 Å². The largest absolute Gasteiger partial charge is 0.486 e. The van der Waals surface area contributed by atoms with Gasteiger partial charge in [-0.3, -0.25) is 4.99 Å². The van der Waals surface area contributed by atoms with Crippen LogP contribution in [0.4, 0.5) is 4.39 Å². The Balaban J connectivity index is 0.00000338. The Kier molecular flexibility index (Phi) is 10.9. The number of ether oxygens (including phenoxy) is 1. The zero-order chi connectivity index (χ0) is 18.1. The molecule has 2 rings (SSSR count). The van der Waals surface area contributed by atoms with Gasteiger partial charge in [0.15, 0.2) is 17.5 Å². The van der Waals surface area contributed by atoms with Crippen LogP contribution in [0.3, 0.4) is 0 Å². The number of nitrogens with zero attached hydrogens (tertiary/aromatic N) is 2. The normalized spacial score (nSPS) is 19.4. The van der Waals surface area contributed by atoms with Crippen molar-refractivity contribution in [1.82, 2.24) is 15.5 Å². The molecule has 1 aliphatic rings. The first kappa shape index (κ1) is 23.0. The topological polar surface area (TPSA) is 48.9 Å². The molecule has 1 aromatic carbocycles. The van der Waals surface area contributed by atoms with Crippen molar-refractivity contribution >= 4 is 29.9 Å². The fraction of sp³-hybridized carbons (Fsp3) is 0.632. The first-order valence-electron chi connectivity index (χ1n) is 9.20. The molecular weight excluding hydrogens is 446 g/mol. The number of nitrogens with one attached hydrogen (secondary N) is 2. The van der Waals surface area contributed by atoms with E-state index in [9.17, 15) is 4.39 Å². The average Bonchev–Trinajstić information content (AvgIpc) is 2.64. The zero-order valence-electron chi connectivity index (χ0n) is 16.0. The van der Waals surface area contributed by atoms with Crippen molar-refractivity contribution in [3.63, 3.8) is 0 Å². The highest BCUT2D eigenvalue weighted by Gasteiger charge is 2.18. The molecule has 0 amide bonds. The van der Waals surface area contributed by atoms with E-state index < -0.39 is 0 Å². The summed E-state index contributed by atoms with van der Waals surface area (Å²) in [5, 5.41) is 6.65. The van der Waals surface area contributed by atoms with Gasteiger partial charge in [0, 0.05) is 20.1 Å².